The zero-order chi connectivity index (χ0) is 26.3. The van der Waals surface area contributed by atoms with Gasteiger partial charge in [-0.1, -0.05) is 78.9 Å². The third-order valence-corrected chi connectivity index (χ3v) is 8.54. The second-order valence-electron chi connectivity index (χ2n) is 10.6. The molecule has 0 spiro atoms. The van der Waals surface area contributed by atoms with E-state index in [0.717, 1.165) is 27.8 Å². The molecule has 194 valence electrons. The van der Waals surface area contributed by atoms with Gasteiger partial charge in [-0.05, 0) is 53.5 Å². The van der Waals surface area contributed by atoms with E-state index >= 15 is 0 Å². The number of carbonyl (C=O) groups is 3. The van der Waals surface area contributed by atoms with Gasteiger partial charge in [-0.15, -0.1) is 0 Å². The molecule has 2 aliphatic heterocycles. The second kappa shape index (κ2) is 9.31. The highest BCUT2D eigenvalue weighted by molar-refractivity contribution is 5.96. The number of rotatable bonds is 6. The lowest BCUT2D eigenvalue weighted by Gasteiger charge is -2.48. The van der Waals surface area contributed by atoms with Gasteiger partial charge in [0, 0.05) is 18.9 Å². The molecule has 2 atom stereocenters. The van der Waals surface area contributed by atoms with Gasteiger partial charge >= 0.3 is 12.1 Å². The maximum absolute atomic E-state index is 14.0. The largest absolute Gasteiger partial charge is 0.479 e. The lowest BCUT2D eigenvalue weighted by Crippen LogP contribution is -2.70. The Bertz CT molecular complexity index is 1360. The van der Waals surface area contributed by atoms with Gasteiger partial charge in [0.1, 0.15) is 17.7 Å². The summed E-state index contributed by atoms with van der Waals surface area (Å²) >= 11 is 0. The predicted molar refractivity (Wildman–Crippen MR) is 142 cm³/mol. The van der Waals surface area contributed by atoms with Crippen molar-refractivity contribution in [3.8, 4) is 11.1 Å². The van der Waals surface area contributed by atoms with Crippen LogP contribution >= 0.6 is 0 Å². The molecule has 0 unspecified atom stereocenters. The molecule has 6 rings (SSSR count). The Hall–Kier alpha value is -4.13. The first-order valence-corrected chi connectivity index (χ1v) is 13.2. The molecule has 3 aromatic carbocycles. The predicted octanol–water partition coefficient (Wildman–Crippen LogP) is 4.75. The first-order valence-electron chi connectivity index (χ1n) is 13.2. The molecule has 2 N–H and O–H groups in total. The van der Waals surface area contributed by atoms with Crippen molar-refractivity contribution in [2.45, 2.75) is 49.1 Å². The molecule has 0 radical (unpaired) electrons. The Labute approximate surface area is 221 Å². The summed E-state index contributed by atoms with van der Waals surface area (Å²) in [4.78, 5) is 41.0. The van der Waals surface area contributed by atoms with Crippen LogP contribution in [-0.4, -0.2) is 52.2 Å². The number of aliphatic carboxylic acids is 1. The molecular weight excluding hydrogens is 480 g/mol. The smallest absolute Gasteiger partial charge is 0.408 e. The number of nitrogens with zero attached hydrogens (tertiary/aromatic N) is 1. The third kappa shape index (κ3) is 3.85. The van der Waals surface area contributed by atoms with Gasteiger partial charge in [0.15, 0.2) is 0 Å². The maximum atomic E-state index is 14.0. The Morgan fingerprint density at radius 2 is 1.53 bits per heavy atom. The average molecular weight is 511 g/mol. The SMILES string of the molecule is O=C(N[C@]1(Cc2ccccc2)CC[C@@]2(C(=O)O)CCCN2C1=O)OCC1c2ccccc2-c2ccccc21. The standard InChI is InChI=1S/C31H30N2O5/c34-27-30(19-21-9-2-1-3-10-21,16-17-31(28(35)36)15-8-18-33(27)31)32-29(37)38-20-26-24-13-6-4-11-22(24)23-12-5-7-14-25(23)26/h1-7,9-14,26H,8,15-20H2,(H,32,37)(H,35,36)/t30-,31+/m0/s1. The summed E-state index contributed by atoms with van der Waals surface area (Å²) in [5.41, 5.74) is 2.92. The van der Waals surface area contributed by atoms with Crippen molar-refractivity contribution < 1.29 is 24.2 Å². The molecular formula is C31H30N2O5. The molecule has 7 heteroatoms. The number of amides is 2. The first-order chi connectivity index (χ1) is 18.4. The Balaban J connectivity index is 1.25. The van der Waals surface area contributed by atoms with E-state index in [2.05, 4.69) is 29.6 Å². The van der Waals surface area contributed by atoms with Gasteiger partial charge in [0.25, 0.3) is 0 Å². The minimum atomic E-state index is -1.27. The summed E-state index contributed by atoms with van der Waals surface area (Å²) in [6, 6.07) is 25.7. The molecule has 7 nitrogen and oxygen atoms in total. The number of carboxylic acid groups (broad SMARTS) is 1. The number of carbonyl (C=O) groups excluding carboxylic acids is 2. The molecule has 38 heavy (non-hydrogen) atoms. The summed E-state index contributed by atoms with van der Waals surface area (Å²) in [7, 11) is 0. The monoisotopic (exact) mass is 510 g/mol. The van der Waals surface area contributed by atoms with Crippen molar-refractivity contribution in [2.75, 3.05) is 13.2 Å². The van der Waals surface area contributed by atoms with Crippen LogP contribution < -0.4 is 5.32 Å². The van der Waals surface area contributed by atoms with Gasteiger partial charge in [0.05, 0.1) is 0 Å². The minimum absolute atomic E-state index is 0.0986. The van der Waals surface area contributed by atoms with Crippen molar-refractivity contribution >= 4 is 18.0 Å². The van der Waals surface area contributed by atoms with Crippen molar-refractivity contribution in [1.29, 1.82) is 0 Å². The van der Waals surface area contributed by atoms with Crippen LogP contribution in [0.2, 0.25) is 0 Å². The Morgan fingerprint density at radius 1 is 0.895 bits per heavy atom. The number of carboxylic acids is 1. The molecule has 2 amide bonds. The molecule has 0 aromatic heterocycles. The minimum Gasteiger partial charge on any atom is -0.479 e. The van der Waals surface area contributed by atoms with Gasteiger partial charge in [-0.2, -0.15) is 0 Å². The van der Waals surface area contributed by atoms with Gasteiger partial charge in [-0.3, -0.25) is 4.79 Å². The number of piperidine rings is 1. The second-order valence-corrected chi connectivity index (χ2v) is 10.6. The number of hydrogen-bond acceptors (Lipinski definition) is 4. The topological polar surface area (TPSA) is 95.9 Å². The average Bonchev–Trinajstić information content (AvgIpc) is 3.51. The van der Waals surface area contributed by atoms with E-state index in [1.165, 1.54) is 4.90 Å². The fraction of sp³-hybridized carbons (Fsp3) is 0.323. The van der Waals surface area contributed by atoms with Crippen LogP contribution in [0.15, 0.2) is 78.9 Å². The Morgan fingerprint density at radius 3 is 2.18 bits per heavy atom. The van der Waals surface area contributed by atoms with E-state index in [0.29, 0.717) is 19.4 Å². The van der Waals surface area contributed by atoms with E-state index < -0.39 is 23.1 Å². The normalized spacial score (nSPS) is 23.9. The first kappa shape index (κ1) is 24.2. The number of benzene rings is 3. The highest BCUT2D eigenvalue weighted by Crippen LogP contribution is 2.45. The molecule has 3 aromatic rings. The summed E-state index contributed by atoms with van der Waals surface area (Å²) < 4.78 is 5.80. The highest BCUT2D eigenvalue weighted by Gasteiger charge is 2.59. The fourth-order valence-corrected chi connectivity index (χ4v) is 6.65. The van der Waals surface area contributed by atoms with Crippen molar-refractivity contribution in [1.82, 2.24) is 10.2 Å². The van der Waals surface area contributed by atoms with E-state index in [-0.39, 0.29) is 37.7 Å². The third-order valence-electron chi connectivity index (χ3n) is 8.54. The lowest BCUT2D eigenvalue weighted by atomic mass is 9.74. The van der Waals surface area contributed by atoms with Crippen LogP contribution in [-0.2, 0) is 20.7 Å². The van der Waals surface area contributed by atoms with Crippen LogP contribution in [0.5, 0.6) is 0 Å². The highest BCUT2D eigenvalue weighted by atomic mass is 16.5. The van der Waals surface area contributed by atoms with Crippen molar-refractivity contribution in [2.24, 2.45) is 0 Å². The summed E-state index contributed by atoms with van der Waals surface area (Å²) in [5.74, 6) is -1.42. The van der Waals surface area contributed by atoms with Crippen LogP contribution in [0, 0.1) is 0 Å². The van der Waals surface area contributed by atoms with Gasteiger partial charge in [-0.25, -0.2) is 9.59 Å². The van der Waals surface area contributed by atoms with E-state index in [9.17, 15) is 19.5 Å². The van der Waals surface area contributed by atoms with E-state index in [1.807, 2.05) is 54.6 Å². The van der Waals surface area contributed by atoms with Gasteiger partial charge < -0.3 is 20.1 Å². The van der Waals surface area contributed by atoms with Gasteiger partial charge in [0.2, 0.25) is 5.91 Å². The summed E-state index contributed by atoms with van der Waals surface area (Å²) in [6.07, 6.45) is 1.17. The zero-order valence-electron chi connectivity index (χ0n) is 21.1. The summed E-state index contributed by atoms with van der Waals surface area (Å²) in [5, 5.41) is 12.9. The van der Waals surface area contributed by atoms with E-state index in [1.54, 1.807) is 0 Å². The van der Waals surface area contributed by atoms with Crippen LogP contribution in [0.3, 0.4) is 0 Å². The number of ether oxygens (including phenoxy) is 1. The van der Waals surface area contributed by atoms with Crippen LogP contribution in [0.1, 0.15) is 48.3 Å². The fourth-order valence-electron chi connectivity index (χ4n) is 6.65. The van der Waals surface area contributed by atoms with E-state index in [4.69, 9.17) is 4.74 Å². The quantitative estimate of drug-likeness (QED) is 0.499. The zero-order valence-corrected chi connectivity index (χ0v) is 21.1. The molecule has 2 fully saturated rings. The number of fused-ring (bicyclic) bond motifs is 4. The number of hydrogen-bond donors (Lipinski definition) is 2. The molecule has 2 saturated heterocycles. The summed E-state index contributed by atoms with van der Waals surface area (Å²) in [6.45, 7) is 0.506. The lowest BCUT2D eigenvalue weighted by molar-refractivity contribution is -0.165. The number of alkyl carbamates (subject to hydrolysis) is 1. The van der Waals surface area contributed by atoms with Crippen molar-refractivity contribution in [3.05, 3.63) is 95.6 Å². The molecule has 3 aliphatic rings. The number of nitrogens with one attached hydrogen (secondary N) is 1. The van der Waals surface area contributed by atoms with Crippen LogP contribution in [0.25, 0.3) is 11.1 Å². The Kier molecular flexibility index (Phi) is 5.94. The maximum Gasteiger partial charge on any atom is 0.408 e. The molecule has 0 bridgehead atoms. The van der Waals surface area contributed by atoms with Crippen molar-refractivity contribution in [3.63, 3.8) is 0 Å². The van der Waals surface area contributed by atoms with Crippen LogP contribution in [0.4, 0.5) is 4.79 Å². The molecule has 2 heterocycles. The molecule has 0 saturated carbocycles. The molecule has 1 aliphatic carbocycles.